The number of hydrogen-bond donors (Lipinski definition) is 2. The van der Waals surface area contributed by atoms with E-state index in [-0.39, 0.29) is 0 Å². The number of piperazine rings is 1. The van der Waals surface area contributed by atoms with Gasteiger partial charge in [0.15, 0.2) is 0 Å². The molecule has 1 aliphatic heterocycles. The molecular formula is C26H30N4O2. The van der Waals surface area contributed by atoms with Crippen molar-refractivity contribution in [3.63, 3.8) is 0 Å². The molecule has 2 heterocycles. The van der Waals surface area contributed by atoms with Gasteiger partial charge in [-0.15, -0.1) is 0 Å². The van der Waals surface area contributed by atoms with Gasteiger partial charge < -0.3 is 15.1 Å². The third kappa shape index (κ3) is 3.74. The van der Waals surface area contributed by atoms with Crippen LogP contribution in [0.15, 0.2) is 55.4 Å². The summed E-state index contributed by atoms with van der Waals surface area (Å²) in [5.74, 6) is 2.05. The SMILES string of the molecule is C=CC(O)N1CCN(c2ncnc3c2CC(C)C(c2cc(O)cc4ccccc24)C3)CC1. The number of phenols is 1. The Labute approximate surface area is 188 Å². The standard InChI is InChI=1S/C26H30N4O2/c1-3-25(32)29-8-10-30(11-9-29)26-23-12-17(2)21(15-24(23)27-16-28-26)22-14-19(31)13-18-6-4-5-7-20(18)22/h3-7,13-14,16-17,21,25,31-32H,1,8-12,15H2,2H3. The summed E-state index contributed by atoms with van der Waals surface area (Å²) in [6.45, 7) is 9.19. The number of hydrogen-bond acceptors (Lipinski definition) is 6. The molecule has 1 aromatic heterocycles. The highest BCUT2D eigenvalue weighted by atomic mass is 16.3. The van der Waals surface area contributed by atoms with E-state index in [9.17, 15) is 10.2 Å². The zero-order valence-corrected chi connectivity index (χ0v) is 18.5. The molecule has 166 valence electrons. The number of benzene rings is 2. The van der Waals surface area contributed by atoms with Crippen molar-refractivity contribution in [3.8, 4) is 5.75 Å². The molecule has 2 aromatic carbocycles. The zero-order chi connectivity index (χ0) is 22.2. The summed E-state index contributed by atoms with van der Waals surface area (Å²) in [7, 11) is 0. The van der Waals surface area contributed by atoms with Crippen molar-refractivity contribution in [2.24, 2.45) is 5.92 Å². The molecule has 0 saturated carbocycles. The van der Waals surface area contributed by atoms with Crippen LogP contribution in [-0.4, -0.2) is 57.5 Å². The van der Waals surface area contributed by atoms with E-state index in [1.165, 1.54) is 16.5 Å². The minimum atomic E-state index is -0.589. The minimum absolute atomic E-state index is 0.293. The van der Waals surface area contributed by atoms with E-state index in [1.54, 1.807) is 12.4 Å². The molecule has 6 nitrogen and oxygen atoms in total. The number of aliphatic hydroxyl groups is 1. The Balaban J connectivity index is 1.44. The van der Waals surface area contributed by atoms with Gasteiger partial charge >= 0.3 is 0 Å². The molecule has 1 aliphatic carbocycles. The Kier molecular flexibility index (Phi) is 5.57. The first kappa shape index (κ1) is 20.9. The summed E-state index contributed by atoms with van der Waals surface area (Å²) >= 11 is 0. The fourth-order valence-corrected chi connectivity index (χ4v) is 5.36. The molecule has 6 heteroatoms. The summed E-state index contributed by atoms with van der Waals surface area (Å²) in [4.78, 5) is 13.7. The van der Waals surface area contributed by atoms with E-state index in [0.717, 1.165) is 55.9 Å². The highest BCUT2D eigenvalue weighted by Gasteiger charge is 2.33. The van der Waals surface area contributed by atoms with E-state index in [4.69, 9.17) is 0 Å². The van der Waals surface area contributed by atoms with Gasteiger partial charge in [-0.1, -0.05) is 37.8 Å². The van der Waals surface area contributed by atoms with Crippen molar-refractivity contribution in [2.45, 2.75) is 31.9 Å². The van der Waals surface area contributed by atoms with Crippen LogP contribution in [0.1, 0.15) is 29.7 Å². The molecule has 1 saturated heterocycles. The Morgan fingerprint density at radius 3 is 2.66 bits per heavy atom. The maximum Gasteiger partial charge on any atom is 0.135 e. The summed E-state index contributed by atoms with van der Waals surface area (Å²) in [5.41, 5.74) is 3.56. The van der Waals surface area contributed by atoms with Crippen molar-refractivity contribution in [1.82, 2.24) is 14.9 Å². The maximum atomic E-state index is 10.4. The van der Waals surface area contributed by atoms with Gasteiger partial charge in [-0.3, -0.25) is 4.90 Å². The highest BCUT2D eigenvalue weighted by molar-refractivity contribution is 5.87. The molecule has 0 amide bonds. The average Bonchev–Trinajstić information content (AvgIpc) is 2.82. The molecule has 2 aliphatic rings. The largest absolute Gasteiger partial charge is 0.508 e. The monoisotopic (exact) mass is 430 g/mol. The first-order valence-electron chi connectivity index (χ1n) is 11.4. The Morgan fingerprint density at radius 1 is 1.09 bits per heavy atom. The predicted molar refractivity (Wildman–Crippen MR) is 127 cm³/mol. The lowest BCUT2D eigenvalue weighted by Crippen LogP contribution is -2.50. The topological polar surface area (TPSA) is 72.7 Å². The van der Waals surface area contributed by atoms with Crippen molar-refractivity contribution in [3.05, 3.63) is 72.2 Å². The van der Waals surface area contributed by atoms with Gasteiger partial charge in [0, 0.05) is 37.4 Å². The summed E-state index contributed by atoms with van der Waals surface area (Å²) in [5, 5.41) is 22.7. The number of aromatic hydroxyl groups is 1. The van der Waals surface area contributed by atoms with Crippen molar-refractivity contribution in [2.75, 3.05) is 31.1 Å². The molecule has 3 aromatic rings. The number of aromatic nitrogens is 2. The quantitative estimate of drug-likeness (QED) is 0.618. The van der Waals surface area contributed by atoms with Crippen LogP contribution in [0, 0.1) is 5.92 Å². The second-order valence-electron chi connectivity index (χ2n) is 9.04. The first-order chi connectivity index (χ1) is 15.5. The number of nitrogens with zero attached hydrogens (tertiary/aromatic N) is 4. The number of phenolic OH excluding ortho intramolecular Hbond substituents is 1. The van der Waals surface area contributed by atoms with E-state index >= 15 is 0 Å². The van der Waals surface area contributed by atoms with E-state index in [1.807, 2.05) is 23.1 Å². The highest BCUT2D eigenvalue weighted by Crippen LogP contribution is 2.42. The molecule has 0 radical (unpaired) electrons. The summed E-state index contributed by atoms with van der Waals surface area (Å²) in [6.07, 6.45) is 4.43. The van der Waals surface area contributed by atoms with E-state index in [0.29, 0.717) is 17.6 Å². The lowest BCUT2D eigenvalue weighted by molar-refractivity contribution is 0.0379. The third-order valence-electron chi connectivity index (χ3n) is 7.11. The number of fused-ring (bicyclic) bond motifs is 2. The second-order valence-corrected chi connectivity index (χ2v) is 9.04. The van der Waals surface area contributed by atoms with Gasteiger partial charge in [-0.25, -0.2) is 9.97 Å². The molecule has 3 unspecified atom stereocenters. The molecular weight excluding hydrogens is 400 g/mol. The Hall–Kier alpha value is -2.96. The average molecular weight is 431 g/mol. The van der Waals surface area contributed by atoms with Crippen LogP contribution in [0.5, 0.6) is 5.75 Å². The molecule has 1 fully saturated rings. The van der Waals surface area contributed by atoms with Crippen LogP contribution in [0.2, 0.25) is 0 Å². The van der Waals surface area contributed by atoms with E-state index < -0.39 is 6.23 Å². The number of aliphatic hydroxyl groups excluding tert-OH is 1. The summed E-state index contributed by atoms with van der Waals surface area (Å²) in [6, 6.07) is 12.0. The molecule has 32 heavy (non-hydrogen) atoms. The van der Waals surface area contributed by atoms with Crippen molar-refractivity contribution in [1.29, 1.82) is 0 Å². The Bertz CT molecular complexity index is 1140. The normalized spacial score (nSPS) is 22.5. The van der Waals surface area contributed by atoms with Crippen LogP contribution < -0.4 is 4.90 Å². The van der Waals surface area contributed by atoms with Crippen molar-refractivity contribution < 1.29 is 10.2 Å². The molecule has 0 bridgehead atoms. The van der Waals surface area contributed by atoms with Gasteiger partial charge in [-0.2, -0.15) is 0 Å². The Morgan fingerprint density at radius 2 is 1.88 bits per heavy atom. The van der Waals surface area contributed by atoms with Gasteiger partial charge in [0.25, 0.3) is 0 Å². The van der Waals surface area contributed by atoms with Gasteiger partial charge in [0.1, 0.15) is 24.1 Å². The molecule has 2 N–H and O–H groups in total. The van der Waals surface area contributed by atoms with Gasteiger partial charge in [0.2, 0.25) is 0 Å². The van der Waals surface area contributed by atoms with Gasteiger partial charge in [0.05, 0.1) is 0 Å². The maximum absolute atomic E-state index is 10.4. The third-order valence-corrected chi connectivity index (χ3v) is 7.11. The fraction of sp³-hybridized carbons (Fsp3) is 0.385. The van der Waals surface area contributed by atoms with Crippen LogP contribution in [0.3, 0.4) is 0 Å². The van der Waals surface area contributed by atoms with Crippen LogP contribution in [0.25, 0.3) is 10.8 Å². The lowest BCUT2D eigenvalue weighted by Gasteiger charge is -2.39. The number of rotatable bonds is 4. The lowest BCUT2D eigenvalue weighted by atomic mass is 9.74. The van der Waals surface area contributed by atoms with Crippen LogP contribution >= 0.6 is 0 Å². The van der Waals surface area contributed by atoms with Crippen LogP contribution in [-0.2, 0) is 12.8 Å². The smallest absolute Gasteiger partial charge is 0.135 e. The van der Waals surface area contributed by atoms with E-state index in [2.05, 4.69) is 46.6 Å². The van der Waals surface area contributed by atoms with Crippen molar-refractivity contribution >= 4 is 16.6 Å². The predicted octanol–water partition coefficient (Wildman–Crippen LogP) is 3.48. The molecule has 0 spiro atoms. The zero-order valence-electron chi connectivity index (χ0n) is 18.5. The van der Waals surface area contributed by atoms with Crippen LogP contribution in [0.4, 0.5) is 5.82 Å². The fourth-order valence-electron chi connectivity index (χ4n) is 5.36. The minimum Gasteiger partial charge on any atom is -0.508 e. The summed E-state index contributed by atoms with van der Waals surface area (Å²) < 4.78 is 0. The van der Waals surface area contributed by atoms with Gasteiger partial charge in [-0.05, 0) is 59.2 Å². The molecule has 3 atom stereocenters. The number of anilines is 1. The second kappa shape index (κ2) is 8.52. The first-order valence-corrected chi connectivity index (χ1v) is 11.4. The molecule has 5 rings (SSSR count).